The number of phenols is 1. The fourth-order valence-electron chi connectivity index (χ4n) is 6.53. The summed E-state index contributed by atoms with van der Waals surface area (Å²) in [6.45, 7) is 8.29. The predicted octanol–water partition coefficient (Wildman–Crippen LogP) is 2.25. The van der Waals surface area contributed by atoms with Crippen molar-refractivity contribution in [3.05, 3.63) is 50.4 Å². The number of benzene rings is 1. The van der Waals surface area contributed by atoms with Crippen molar-refractivity contribution < 1.29 is 34.8 Å². The molecule has 212 valence electrons. The molecule has 1 aromatic rings. The highest BCUT2D eigenvalue weighted by molar-refractivity contribution is 6.33. The lowest BCUT2D eigenvalue weighted by molar-refractivity contribution is -0.148. The summed E-state index contributed by atoms with van der Waals surface area (Å²) in [6.07, 6.45) is 0.173. The standard InChI is InChI=1S/C28H36ClN3O7/c1-6-32(10-12(2)3)11-14-9-17(33)19-15(21(14)29)7-13-8-16-22(31(4)5)24(35)20(27(30)38)26(37)28(16,39)25(36)18(13)23(19)34/h9,12-13,16,22,33,35-36,39H,6-8,10-11H2,1-5H3,(H2,30,38)/t13-,16-,22-,28?/m0/s1. The van der Waals surface area contributed by atoms with Crippen LogP contribution in [0.1, 0.15) is 48.7 Å². The summed E-state index contributed by atoms with van der Waals surface area (Å²) >= 11 is 6.83. The van der Waals surface area contributed by atoms with Gasteiger partial charge in [0.15, 0.2) is 11.4 Å². The van der Waals surface area contributed by atoms with Crippen LogP contribution in [0.2, 0.25) is 5.02 Å². The zero-order chi connectivity index (χ0) is 29.1. The van der Waals surface area contributed by atoms with E-state index in [2.05, 4.69) is 18.7 Å². The molecule has 11 heteroatoms. The molecule has 0 aliphatic heterocycles. The van der Waals surface area contributed by atoms with E-state index in [-0.39, 0.29) is 29.7 Å². The van der Waals surface area contributed by atoms with Gasteiger partial charge in [0.2, 0.25) is 5.78 Å². The van der Waals surface area contributed by atoms with Gasteiger partial charge in [-0.25, -0.2) is 0 Å². The predicted molar refractivity (Wildman–Crippen MR) is 144 cm³/mol. The first kappa shape index (κ1) is 29.1. The van der Waals surface area contributed by atoms with E-state index in [1.165, 1.54) is 11.0 Å². The highest BCUT2D eigenvalue weighted by Gasteiger charge is 2.63. The van der Waals surface area contributed by atoms with E-state index in [0.29, 0.717) is 28.6 Å². The number of Topliss-reactive ketones (excluding diaryl/α,β-unsaturated/α-hetero) is 2. The van der Waals surface area contributed by atoms with Crippen molar-refractivity contribution >= 4 is 29.1 Å². The van der Waals surface area contributed by atoms with Crippen molar-refractivity contribution in [3.63, 3.8) is 0 Å². The van der Waals surface area contributed by atoms with E-state index in [0.717, 1.165) is 13.1 Å². The van der Waals surface area contributed by atoms with Crippen molar-refractivity contribution in [1.29, 1.82) is 0 Å². The van der Waals surface area contributed by atoms with Gasteiger partial charge in [-0.3, -0.25) is 24.2 Å². The van der Waals surface area contributed by atoms with Crippen LogP contribution < -0.4 is 5.73 Å². The van der Waals surface area contributed by atoms with Crippen LogP contribution >= 0.6 is 11.6 Å². The lowest BCUT2D eigenvalue weighted by Gasteiger charge is -2.50. The molecule has 0 aromatic heterocycles. The van der Waals surface area contributed by atoms with Gasteiger partial charge < -0.3 is 26.2 Å². The average Bonchev–Trinajstić information content (AvgIpc) is 2.83. The molecule has 4 rings (SSSR count). The Morgan fingerprint density at radius 2 is 1.87 bits per heavy atom. The molecule has 0 spiro atoms. The van der Waals surface area contributed by atoms with Crippen LogP contribution in [-0.4, -0.2) is 86.5 Å². The minimum atomic E-state index is -2.66. The van der Waals surface area contributed by atoms with E-state index in [9.17, 15) is 34.8 Å². The normalized spacial score (nSPS) is 26.9. The molecular formula is C28H36ClN3O7. The Morgan fingerprint density at radius 1 is 1.23 bits per heavy atom. The number of phenolic OH excluding ortho intramolecular Hbond substituents is 1. The largest absolute Gasteiger partial charge is 0.510 e. The third kappa shape index (κ3) is 4.43. The number of primary amides is 1. The van der Waals surface area contributed by atoms with Gasteiger partial charge in [0.05, 0.1) is 11.6 Å². The second-order valence-electron chi connectivity index (χ2n) is 11.4. The number of nitrogens with two attached hydrogens (primary N) is 1. The summed E-state index contributed by atoms with van der Waals surface area (Å²) in [7, 11) is 3.18. The number of amides is 1. The van der Waals surface area contributed by atoms with Gasteiger partial charge in [0, 0.05) is 29.6 Å². The van der Waals surface area contributed by atoms with Crippen LogP contribution in [0.25, 0.3) is 0 Å². The molecular weight excluding hydrogens is 526 g/mol. The van der Waals surface area contributed by atoms with Crippen LogP contribution in [0.4, 0.5) is 0 Å². The number of aromatic hydroxyl groups is 1. The maximum absolute atomic E-state index is 13.8. The quantitative estimate of drug-likeness (QED) is 0.314. The molecule has 0 fully saturated rings. The highest BCUT2D eigenvalue weighted by Crippen LogP contribution is 2.53. The van der Waals surface area contributed by atoms with Crippen molar-refractivity contribution in [1.82, 2.24) is 9.80 Å². The SMILES string of the molecule is CCN(Cc1cc(O)c2c(c1Cl)C[C@H]1C[C@H]3[C@H](N(C)C)C(O)=C(C(N)=O)C(=O)C3(O)C(O)=C1C2=O)CC(C)C. The number of hydrogen-bond donors (Lipinski definition) is 5. The minimum absolute atomic E-state index is 0.0154. The molecule has 1 amide bonds. The van der Waals surface area contributed by atoms with Crippen molar-refractivity contribution in [2.45, 2.75) is 51.8 Å². The third-order valence-corrected chi connectivity index (χ3v) is 8.67. The maximum Gasteiger partial charge on any atom is 0.255 e. The molecule has 39 heavy (non-hydrogen) atoms. The van der Waals surface area contributed by atoms with Crippen molar-refractivity contribution in [3.8, 4) is 5.75 Å². The number of aliphatic hydroxyl groups is 3. The fraction of sp³-hybridized carbons (Fsp3) is 0.536. The van der Waals surface area contributed by atoms with Crippen LogP contribution in [0.5, 0.6) is 5.75 Å². The third-order valence-electron chi connectivity index (χ3n) is 8.20. The Morgan fingerprint density at radius 3 is 2.41 bits per heavy atom. The molecule has 0 heterocycles. The fourth-order valence-corrected chi connectivity index (χ4v) is 6.82. The molecule has 0 bridgehead atoms. The van der Waals surface area contributed by atoms with Gasteiger partial charge >= 0.3 is 0 Å². The molecule has 3 aliphatic carbocycles. The number of rotatable bonds is 7. The highest BCUT2D eigenvalue weighted by atomic mass is 35.5. The molecule has 4 atom stereocenters. The van der Waals surface area contributed by atoms with Crippen LogP contribution in [0.15, 0.2) is 28.7 Å². The average molecular weight is 562 g/mol. The lowest BCUT2D eigenvalue weighted by Crippen LogP contribution is -2.63. The summed E-state index contributed by atoms with van der Waals surface area (Å²) in [5, 5.41) is 45.2. The van der Waals surface area contributed by atoms with Crippen LogP contribution in [0, 0.1) is 17.8 Å². The minimum Gasteiger partial charge on any atom is -0.510 e. The molecule has 0 radical (unpaired) electrons. The molecule has 6 N–H and O–H groups in total. The van der Waals surface area contributed by atoms with E-state index in [1.807, 2.05) is 6.92 Å². The molecule has 1 aromatic carbocycles. The van der Waals surface area contributed by atoms with Gasteiger partial charge in [-0.15, -0.1) is 0 Å². The number of halogens is 1. The Hall–Kier alpha value is -2.92. The summed E-state index contributed by atoms with van der Waals surface area (Å²) in [6, 6.07) is 0.403. The van der Waals surface area contributed by atoms with Crippen LogP contribution in [0.3, 0.4) is 0 Å². The number of aliphatic hydroxyl groups excluding tert-OH is 2. The second-order valence-corrected chi connectivity index (χ2v) is 11.8. The molecule has 3 aliphatic rings. The lowest BCUT2D eigenvalue weighted by atomic mass is 9.58. The zero-order valence-electron chi connectivity index (χ0n) is 22.8. The first-order valence-electron chi connectivity index (χ1n) is 13.1. The Balaban J connectivity index is 1.86. The zero-order valence-corrected chi connectivity index (χ0v) is 23.5. The first-order valence-corrected chi connectivity index (χ1v) is 13.4. The summed E-state index contributed by atoms with van der Waals surface area (Å²) in [4.78, 5) is 42.9. The smallest absolute Gasteiger partial charge is 0.255 e. The van der Waals surface area contributed by atoms with Gasteiger partial charge in [-0.2, -0.15) is 0 Å². The number of allylic oxidation sites excluding steroid dienone is 1. The topological polar surface area (TPSA) is 165 Å². The van der Waals surface area contributed by atoms with E-state index >= 15 is 0 Å². The van der Waals surface area contributed by atoms with Gasteiger partial charge in [0.25, 0.3) is 5.91 Å². The van der Waals surface area contributed by atoms with Crippen molar-refractivity contribution in [2.24, 2.45) is 23.5 Å². The second kappa shape index (κ2) is 10.2. The Kier molecular flexibility index (Phi) is 7.63. The van der Waals surface area contributed by atoms with E-state index < -0.39 is 58.0 Å². The number of hydrogen-bond acceptors (Lipinski definition) is 9. The number of ketones is 2. The van der Waals surface area contributed by atoms with Gasteiger partial charge in [-0.05, 0) is 62.5 Å². The van der Waals surface area contributed by atoms with Crippen molar-refractivity contribution in [2.75, 3.05) is 27.2 Å². The van der Waals surface area contributed by atoms with E-state index in [4.69, 9.17) is 17.3 Å². The number of carbonyl (C=O) groups is 3. The number of likely N-dealkylation sites (N-methyl/N-ethyl adjacent to an activating group) is 1. The summed E-state index contributed by atoms with van der Waals surface area (Å²) in [5.41, 5.74) is 2.67. The summed E-state index contributed by atoms with van der Waals surface area (Å²) < 4.78 is 0. The number of nitrogens with zero attached hydrogens (tertiary/aromatic N) is 2. The summed E-state index contributed by atoms with van der Waals surface area (Å²) in [5.74, 6) is -6.41. The molecule has 0 saturated heterocycles. The molecule has 0 saturated carbocycles. The number of carbonyl (C=O) groups excluding carboxylic acids is 3. The van der Waals surface area contributed by atoms with E-state index in [1.54, 1.807) is 14.1 Å². The molecule has 10 nitrogen and oxygen atoms in total. The Labute approximate surface area is 232 Å². The molecule has 1 unspecified atom stereocenters. The number of fused-ring (bicyclic) bond motifs is 3. The Bertz CT molecular complexity index is 1320. The van der Waals surface area contributed by atoms with Crippen LogP contribution in [-0.2, 0) is 22.6 Å². The first-order chi connectivity index (χ1) is 18.2. The van der Waals surface area contributed by atoms with Gasteiger partial charge in [-0.1, -0.05) is 32.4 Å². The van der Waals surface area contributed by atoms with Gasteiger partial charge in [0.1, 0.15) is 22.8 Å². The monoisotopic (exact) mass is 561 g/mol. The maximum atomic E-state index is 13.8.